The smallest absolute Gasteiger partial charge is 0.343 e. The zero-order valence-electron chi connectivity index (χ0n) is 17.4. The van der Waals surface area contributed by atoms with Crippen LogP contribution in [0.5, 0.6) is 11.5 Å². The SMILES string of the molecule is Cc1cccc(C(=O)Oc2c(Br)cc(Br)cc2/C=N\NC(=O)COc2ccccc2C)c1. The monoisotopic (exact) mass is 558 g/mol. The van der Waals surface area contributed by atoms with Gasteiger partial charge in [0.15, 0.2) is 12.4 Å². The van der Waals surface area contributed by atoms with Gasteiger partial charge in [-0.25, -0.2) is 10.2 Å². The Labute approximate surface area is 202 Å². The highest BCUT2D eigenvalue weighted by Gasteiger charge is 2.15. The van der Waals surface area contributed by atoms with E-state index in [1.54, 1.807) is 36.4 Å². The quantitative estimate of drug-likeness (QED) is 0.177. The number of rotatable bonds is 7. The molecule has 8 heteroatoms. The van der Waals surface area contributed by atoms with Crippen molar-refractivity contribution in [3.63, 3.8) is 0 Å². The van der Waals surface area contributed by atoms with Crippen LogP contribution in [0.15, 0.2) is 74.7 Å². The van der Waals surface area contributed by atoms with Crippen LogP contribution in [0.25, 0.3) is 0 Å². The maximum absolute atomic E-state index is 12.6. The average molecular weight is 560 g/mol. The molecule has 0 atom stereocenters. The highest BCUT2D eigenvalue weighted by atomic mass is 79.9. The van der Waals surface area contributed by atoms with Crippen molar-refractivity contribution in [1.29, 1.82) is 0 Å². The second-order valence-electron chi connectivity index (χ2n) is 6.91. The normalized spacial score (nSPS) is 10.8. The summed E-state index contributed by atoms with van der Waals surface area (Å²) in [6.45, 7) is 3.62. The fourth-order valence-electron chi connectivity index (χ4n) is 2.78. The number of para-hydroxylation sites is 1. The Morgan fingerprint density at radius 1 is 1.03 bits per heavy atom. The van der Waals surface area contributed by atoms with Gasteiger partial charge in [0.1, 0.15) is 5.75 Å². The molecular weight excluding hydrogens is 540 g/mol. The number of benzene rings is 3. The number of carbonyl (C=O) groups excluding carboxylic acids is 2. The lowest BCUT2D eigenvalue weighted by molar-refractivity contribution is -0.123. The van der Waals surface area contributed by atoms with Crippen molar-refractivity contribution in [2.45, 2.75) is 13.8 Å². The molecule has 32 heavy (non-hydrogen) atoms. The van der Waals surface area contributed by atoms with E-state index in [2.05, 4.69) is 42.4 Å². The van der Waals surface area contributed by atoms with Crippen LogP contribution in [0.2, 0.25) is 0 Å². The molecular formula is C24H20Br2N2O4. The molecule has 164 valence electrons. The van der Waals surface area contributed by atoms with Gasteiger partial charge in [-0.15, -0.1) is 0 Å². The molecule has 0 aromatic heterocycles. The molecule has 3 rings (SSSR count). The van der Waals surface area contributed by atoms with E-state index in [1.165, 1.54) is 6.21 Å². The lowest BCUT2D eigenvalue weighted by atomic mass is 10.1. The fourth-order valence-corrected chi connectivity index (χ4v) is 4.11. The highest BCUT2D eigenvalue weighted by Crippen LogP contribution is 2.32. The lowest BCUT2D eigenvalue weighted by Crippen LogP contribution is -2.24. The zero-order chi connectivity index (χ0) is 23.1. The molecule has 0 unspecified atom stereocenters. The minimum atomic E-state index is -0.498. The van der Waals surface area contributed by atoms with Gasteiger partial charge in [0.2, 0.25) is 0 Å². The summed E-state index contributed by atoms with van der Waals surface area (Å²) in [7, 11) is 0. The summed E-state index contributed by atoms with van der Waals surface area (Å²) in [6, 6.07) is 18.0. The summed E-state index contributed by atoms with van der Waals surface area (Å²) in [5.74, 6) is 0.000623. The molecule has 3 aromatic carbocycles. The van der Waals surface area contributed by atoms with Crippen molar-refractivity contribution in [3.05, 3.63) is 91.9 Å². The van der Waals surface area contributed by atoms with Crippen LogP contribution in [0.3, 0.4) is 0 Å². The Hall–Kier alpha value is -2.97. The predicted octanol–water partition coefficient (Wildman–Crippen LogP) is 5.58. The summed E-state index contributed by atoms with van der Waals surface area (Å²) >= 11 is 6.82. The minimum absolute atomic E-state index is 0.181. The number of nitrogens with zero attached hydrogens (tertiary/aromatic N) is 1. The molecule has 0 aliphatic rings. The molecule has 0 radical (unpaired) electrons. The summed E-state index contributed by atoms with van der Waals surface area (Å²) in [5.41, 5.74) is 5.23. The first kappa shape index (κ1) is 23.7. The van der Waals surface area contributed by atoms with Crippen LogP contribution in [0.4, 0.5) is 0 Å². The highest BCUT2D eigenvalue weighted by molar-refractivity contribution is 9.11. The molecule has 0 saturated carbocycles. The lowest BCUT2D eigenvalue weighted by Gasteiger charge is -2.11. The Kier molecular flexibility index (Phi) is 8.19. The van der Waals surface area contributed by atoms with E-state index >= 15 is 0 Å². The van der Waals surface area contributed by atoms with Crippen molar-refractivity contribution >= 4 is 50.0 Å². The van der Waals surface area contributed by atoms with Gasteiger partial charge in [0.25, 0.3) is 5.91 Å². The van der Waals surface area contributed by atoms with Gasteiger partial charge < -0.3 is 9.47 Å². The third kappa shape index (κ3) is 6.51. The average Bonchev–Trinajstić information content (AvgIpc) is 2.75. The van der Waals surface area contributed by atoms with Crippen LogP contribution in [-0.4, -0.2) is 24.7 Å². The van der Waals surface area contributed by atoms with Crippen LogP contribution in [0.1, 0.15) is 27.0 Å². The summed E-state index contributed by atoms with van der Waals surface area (Å²) in [5, 5.41) is 3.98. The molecule has 6 nitrogen and oxygen atoms in total. The predicted molar refractivity (Wildman–Crippen MR) is 130 cm³/mol. The Morgan fingerprint density at radius 3 is 2.56 bits per heavy atom. The molecule has 0 aliphatic heterocycles. The van der Waals surface area contributed by atoms with Crippen LogP contribution >= 0.6 is 31.9 Å². The minimum Gasteiger partial charge on any atom is -0.483 e. The first-order chi connectivity index (χ1) is 15.3. The van der Waals surface area contributed by atoms with Crippen LogP contribution < -0.4 is 14.9 Å². The Balaban J connectivity index is 1.69. The van der Waals surface area contributed by atoms with Crippen molar-refractivity contribution in [1.82, 2.24) is 5.43 Å². The first-order valence-electron chi connectivity index (χ1n) is 9.61. The molecule has 0 saturated heterocycles. The molecule has 1 amide bonds. The number of aryl methyl sites for hydroxylation is 2. The molecule has 0 aliphatic carbocycles. The molecule has 3 aromatic rings. The van der Waals surface area contributed by atoms with Crippen molar-refractivity contribution in [3.8, 4) is 11.5 Å². The van der Waals surface area contributed by atoms with Gasteiger partial charge >= 0.3 is 5.97 Å². The summed E-state index contributed by atoms with van der Waals surface area (Å²) < 4.78 is 12.4. The second-order valence-corrected chi connectivity index (χ2v) is 8.68. The summed E-state index contributed by atoms with van der Waals surface area (Å²) in [4.78, 5) is 24.7. The van der Waals surface area contributed by atoms with Crippen molar-refractivity contribution < 1.29 is 19.1 Å². The third-order valence-electron chi connectivity index (χ3n) is 4.33. The van der Waals surface area contributed by atoms with Gasteiger partial charge in [-0.1, -0.05) is 51.8 Å². The molecule has 0 bridgehead atoms. The van der Waals surface area contributed by atoms with E-state index < -0.39 is 11.9 Å². The number of hydrazone groups is 1. The Morgan fingerprint density at radius 2 is 1.81 bits per heavy atom. The van der Waals surface area contributed by atoms with Gasteiger partial charge in [-0.3, -0.25) is 4.79 Å². The second kappa shape index (κ2) is 11.1. The summed E-state index contributed by atoms with van der Waals surface area (Å²) in [6.07, 6.45) is 1.40. The van der Waals surface area contributed by atoms with E-state index in [0.29, 0.717) is 21.3 Å². The van der Waals surface area contributed by atoms with Crippen LogP contribution in [0, 0.1) is 13.8 Å². The topological polar surface area (TPSA) is 77.0 Å². The zero-order valence-corrected chi connectivity index (χ0v) is 20.6. The number of ether oxygens (including phenoxy) is 2. The number of hydrogen-bond donors (Lipinski definition) is 1. The first-order valence-corrected chi connectivity index (χ1v) is 11.2. The number of carbonyl (C=O) groups is 2. The van der Waals surface area contributed by atoms with Crippen molar-refractivity contribution in [2.75, 3.05) is 6.61 Å². The van der Waals surface area contributed by atoms with E-state index in [9.17, 15) is 9.59 Å². The van der Waals surface area contributed by atoms with E-state index in [-0.39, 0.29) is 12.4 Å². The van der Waals surface area contributed by atoms with E-state index in [1.807, 2.05) is 38.1 Å². The van der Waals surface area contributed by atoms with Gasteiger partial charge in [0, 0.05) is 10.0 Å². The number of nitrogens with one attached hydrogen (secondary N) is 1. The molecule has 0 fully saturated rings. The van der Waals surface area contributed by atoms with E-state index in [0.717, 1.165) is 15.6 Å². The number of amides is 1. The molecule has 0 spiro atoms. The molecule has 0 heterocycles. The number of esters is 1. The maximum Gasteiger partial charge on any atom is 0.343 e. The van der Waals surface area contributed by atoms with E-state index in [4.69, 9.17) is 9.47 Å². The van der Waals surface area contributed by atoms with Crippen LogP contribution in [-0.2, 0) is 4.79 Å². The van der Waals surface area contributed by atoms with Crippen molar-refractivity contribution in [2.24, 2.45) is 5.10 Å². The largest absolute Gasteiger partial charge is 0.483 e. The Bertz CT molecular complexity index is 1180. The fraction of sp³-hybridized carbons (Fsp3) is 0.125. The maximum atomic E-state index is 12.6. The van der Waals surface area contributed by atoms with Gasteiger partial charge in [-0.2, -0.15) is 5.10 Å². The number of halogens is 2. The van der Waals surface area contributed by atoms with Gasteiger partial charge in [-0.05, 0) is 65.7 Å². The standard InChI is InChI=1S/C24H20Br2N2O4/c1-15-6-5-8-17(10-15)24(30)32-23-18(11-19(25)12-20(23)26)13-27-28-22(29)14-31-21-9-4-3-7-16(21)2/h3-13H,14H2,1-2H3,(H,28,29)/b27-13-. The van der Waals surface area contributed by atoms with Gasteiger partial charge in [0.05, 0.1) is 16.3 Å². The number of hydrogen-bond acceptors (Lipinski definition) is 5. The molecule has 1 N–H and O–H groups in total. The third-order valence-corrected chi connectivity index (χ3v) is 5.38.